The van der Waals surface area contributed by atoms with E-state index in [4.69, 9.17) is 5.11 Å². The van der Waals surface area contributed by atoms with Crippen molar-refractivity contribution in [2.24, 2.45) is 0 Å². The molecule has 1 aromatic rings. The smallest absolute Gasteiger partial charge is 0.307 e. The molecule has 16 heavy (non-hydrogen) atoms. The maximum atomic E-state index is 10.8. The number of piperidine rings is 1. The number of carboxylic acids is 1. The SMILES string of the molecule is O=C(O)Cc1ccn[c]c1N1CCCCC1. The van der Waals surface area contributed by atoms with Crippen LogP contribution in [0.1, 0.15) is 24.8 Å². The summed E-state index contributed by atoms with van der Waals surface area (Å²) in [5.41, 5.74) is 1.68. The molecule has 2 rings (SSSR count). The molecule has 4 nitrogen and oxygen atoms in total. The maximum Gasteiger partial charge on any atom is 0.307 e. The standard InChI is InChI=1S/C12H15N2O2/c15-12(16)8-10-4-5-13-9-11(10)14-6-2-1-3-7-14/h4-5H,1-3,6-8H2,(H,15,16). The van der Waals surface area contributed by atoms with Gasteiger partial charge in [0.05, 0.1) is 12.1 Å². The largest absolute Gasteiger partial charge is 0.481 e. The van der Waals surface area contributed by atoms with Crippen LogP contribution in [0.2, 0.25) is 0 Å². The number of nitrogens with zero attached hydrogens (tertiary/aromatic N) is 2. The number of aliphatic carboxylic acids is 1. The lowest BCUT2D eigenvalue weighted by Crippen LogP contribution is -2.30. The fourth-order valence-electron chi connectivity index (χ4n) is 2.07. The minimum atomic E-state index is -0.808. The van der Waals surface area contributed by atoms with E-state index in [2.05, 4.69) is 16.1 Å². The Kier molecular flexibility index (Phi) is 3.39. The number of pyridine rings is 1. The molecule has 4 heteroatoms. The van der Waals surface area contributed by atoms with Crippen molar-refractivity contribution in [3.63, 3.8) is 0 Å². The van der Waals surface area contributed by atoms with Crippen LogP contribution >= 0.6 is 0 Å². The summed E-state index contributed by atoms with van der Waals surface area (Å²) in [7, 11) is 0. The number of carbonyl (C=O) groups is 1. The Bertz CT molecular complexity index is 373. The highest BCUT2D eigenvalue weighted by atomic mass is 16.4. The van der Waals surface area contributed by atoms with Crippen LogP contribution in [0.15, 0.2) is 12.3 Å². The average Bonchev–Trinajstić information content (AvgIpc) is 2.30. The summed E-state index contributed by atoms with van der Waals surface area (Å²) >= 11 is 0. The van der Waals surface area contributed by atoms with Crippen molar-refractivity contribution in [3.8, 4) is 0 Å². The third kappa shape index (κ3) is 2.51. The van der Waals surface area contributed by atoms with Gasteiger partial charge in [0.15, 0.2) is 0 Å². The van der Waals surface area contributed by atoms with Crippen LogP contribution in [-0.2, 0) is 11.2 Å². The Balaban J connectivity index is 2.20. The van der Waals surface area contributed by atoms with Crippen molar-refractivity contribution in [2.45, 2.75) is 25.7 Å². The molecule has 85 valence electrons. The van der Waals surface area contributed by atoms with E-state index in [9.17, 15) is 4.79 Å². The highest BCUT2D eigenvalue weighted by Crippen LogP contribution is 2.22. The van der Waals surface area contributed by atoms with Crippen molar-refractivity contribution >= 4 is 11.7 Å². The summed E-state index contributed by atoms with van der Waals surface area (Å²) in [4.78, 5) is 16.9. The van der Waals surface area contributed by atoms with Gasteiger partial charge in [0.2, 0.25) is 0 Å². The lowest BCUT2D eigenvalue weighted by Gasteiger charge is -2.29. The van der Waals surface area contributed by atoms with E-state index in [0.29, 0.717) is 0 Å². The summed E-state index contributed by atoms with van der Waals surface area (Å²) in [6.07, 6.45) is 8.15. The summed E-state index contributed by atoms with van der Waals surface area (Å²) in [5, 5.41) is 8.84. The monoisotopic (exact) mass is 219 g/mol. The summed E-state index contributed by atoms with van der Waals surface area (Å²) in [6.45, 7) is 1.96. The molecular weight excluding hydrogens is 204 g/mol. The molecule has 0 saturated carbocycles. The normalized spacial score (nSPS) is 16.1. The molecule has 0 aliphatic carbocycles. The molecule has 1 aromatic heterocycles. The molecular formula is C12H15N2O2. The molecule has 0 unspecified atom stereocenters. The number of carboxylic acid groups (broad SMARTS) is 1. The van der Waals surface area contributed by atoms with Crippen molar-refractivity contribution in [1.82, 2.24) is 4.98 Å². The van der Waals surface area contributed by atoms with E-state index in [1.54, 1.807) is 12.3 Å². The van der Waals surface area contributed by atoms with E-state index in [0.717, 1.165) is 37.2 Å². The predicted octanol–water partition coefficient (Wildman–Crippen LogP) is 1.50. The molecule has 1 fully saturated rings. The topological polar surface area (TPSA) is 53.4 Å². The molecule has 1 N–H and O–H groups in total. The van der Waals surface area contributed by atoms with Gasteiger partial charge in [0.25, 0.3) is 0 Å². The van der Waals surface area contributed by atoms with Gasteiger partial charge in [-0.3, -0.25) is 9.78 Å². The average molecular weight is 219 g/mol. The fraction of sp³-hybridized carbons (Fsp3) is 0.500. The minimum absolute atomic E-state index is 0.0465. The first-order chi connectivity index (χ1) is 7.77. The minimum Gasteiger partial charge on any atom is -0.481 e. The lowest BCUT2D eigenvalue weighted by atomic mass is 10.1. The van der Waals surface area contributed by atoms with E-state index < -0.39 is 5.97 Å². The van der Waals surface area contributed by atoms with Crippen LogP contribution in [0.4, 0.5) is 5.69 Å². The molecule has 0 amide bonds. The number of aromatic nitrogens is 1. The highest BCUT2D eigenvalue weighted by Gasteiger charge is 2.16. The van der Waals surface area contributed by atoms with Crippen LogP contribution in [0, 0.1) is 6.20 Å². The van der Waals surface area contributed by atoms with Crippen LogP contribution in [0.25, 0.3) is 0 Å². The Morgan fingerprint density at radius 3 is 2.88 bits per heavy atom. The van der Waals surface area contributed by atoms with Crippen molar-refractivity contribution < 1.29 is 9.90 Å². The first-order valence-corrected chi connectivity index (χ1v) is 5.59. The van der Waals surface area contributed by atoms with E-state index in [-0.39, 0.29) is 6.42 Å². The fourth-order valence-corrected chi connectivity index (χ4v) is 2.07. The van der Waals surface area contributed by atoms with Crippen molar-refractivity contribution in [1.29, 1.82) is 0 Å². The first kappa shape index (κ1) is 10.9. The second kappa shape index (κ2) is 4.96. The zero-order valence-corrected chi connectivity index (χ0v) is 9.15. The molecule has 0 atom stereocenters. The van der Waals surface area contributed by atoms with Gasteiger partial charge in [0.1, 0.15) is 6.20 Å². The Hall–Kier alpha value is -1.58. The molecule has 0 aromatic carbocycles. The molecule has 1 saturated heterocycles. The Morgan fingerprint density at radius 2 is 2.19 bits per heavy atom. The van der Waals surface area contributed by atoms with Gasteiger partial charge >= 0.3 is 5.97 Å². The zero-order valence-electron chi connectivity index (χ0n) is 9.15. The molecule has 1 aliphatic rings. The van der Waals surface area contributed by atoms with Crippen LogP contribution in [0.3, 0.4) is 0 Å². The molecule has 0 bridgehead atoms. The number of hydrogen-bond donors (Lipinski definition) is 1. The van der Waals surface area contributed by atoms with Gasteiger partial charge in [0, 0.05) is 19.3 Å². The van der Waals surface area contributed by atoms with Crippen LogP contribution in [0.5, 0.6) is 0 Å². The second-order valence-electron chi connectivity index (χ2n) is 4.05. The third-order valence-electron chi connectivity index (χ3n) is 2.84. The first-order valence-electron chi connectivity index (χ1n) is 5.59. The van der Waals surface area contributed by atoms with Gasteiger partial charge in [-0.2, -0.15) is 0 Å². The predicted molar refractivity (Wildman–Crippen MR) is 60.5 cm³/mol. The van der Waals surface area contributed by atoms with Crippen molar-refractivity contribution in [2.75, 3.05) is 18.0 Å². The number of hydrogen-bond acceptors (Lipinski definition) is 3. The molecule has 0 spiro atoms. The number of rotatable bonds is 3. The maximum absolute atomic E-state index is 10.8. The molecule has 2 heterocycles. The van der Waals surface area contributed by atoms with Gasteiger partial charge < -0.3 is 10.0 Å². The number of anilines is 1. The van der Waals surface area contributed by atoms with Crippen LogP contribution < -0.4 is 4.90 Å². The molecule has 1 aliphatic heterocycles. The van der Waals surface area contributed by atoms with Gasteiger partial charge in [-0.05, 0) is 30.9 Å². The lowest BCUT2D eigenvalue weighted by molar-refractivity contribution is -0.136. The quantitative estimate of drug-likeness (QED) is 0.837. The van der Waals surface area contributed by atoms with Crippen LogP contribution in [-0.4, -0.2) is 29.1 Å². The Morgan fingerprint density at radius 1 is 1.44 bits per heavy atom. The second-order valence-corrected chi connectivity index (χ2v) is 4.05. The van der Waals surface area contributed by atoms with Gasteiger partial charge in [-0.25, -0.2) is 0 Å². The highest BCUT2D eigenvalue weighted by molar-refractivity contribution is 5.73. The zero-order chi connectivity index (χ0) is 11.4. The van der Waals surface area contributed by atoms with Crippen molar-refractivity contribution in [3.05, 3.63) is 24.0 Å². The van der Waals surface area contributed by atoms with E-state index in [1.165, 1.54) is 6.42 Å². The third-order valence-corrected chi connectivity index (χ3v) is 2.84. The summed E-state index contributed by atoms with van der Waals surface area (Å²) in [6, 6.07) is 1.77. The molecule has 1 radical (unpaired) electrons. The summed E-state index contributed by atoms with van der Waals surface area (Å²) < 4.78 is 0. The van der Waals surface area contributed by atoms with Gasteiger partial charge in [-0.15, -0.1) is 0 Å². The van der Waals surface area contributed by atoms with E-state index in [1.807, 2.05) is 0 Å². The Labute approximate surface area is 94.9 Å². The summed E-state index contributed by atoms with van der Waals surface area (Å²) in [5.74, 6) is -0.808. The van der Waals surface area contributed by atoms with E-state index >= 15 is 0 Å². The van der Waals surface area contributed by atoms with Gasteiger partial charge in [-0.1, -0.05) is 0 Å².